The van der Waals surface area contributed by atoms with Gasteiger partial charge in [0.15, 0.2) is 0 Å². The molecule has 0 radical (unpaired) electrons. The van der Waals surface area contributed by atoms with Gasteiger partial charge in [0, 0.05) is 30.0 Å². The maximum atomic E-state index is 12.8. The molecule has 6 heteroatoms. The Balaban J connectivity index is 1.85. The SMILES string of the molecule is CCN(Cc1cc2ccccc2nc1-c1cc(CC(=O)O)ccc1OC)C(=O)C1CC1. The number of rotatable bonds is 8. The van der Waals surface area contributed by atoms with Gasteiger partial charge in [-0.25, -0.2) is 4.98 Å². The van der Waals surface area contributed by atoms with Crippen molar-refractivity contribution in [3.05, 3.63) is 59.7 Å². The highest BCUT2D eigenvalue weighted by Crippen LogP contribution is 2.36. The Labute approximate surface area is 181 Å². The van der Waals surface area contributed by atoms with E-state index in [-0.39, 0.29) is 18.2 Å². The first-order chi connectivity index (χ1) is 15.0. The number of ether oxygens (including phenoxy) is 1. The highest BCUT2D eigenvalue weighted by atomic mass is 16.5. The number of aliphatic carboxylic acids is 1. The van der Waals surface area contributed by atoms with Gasteiger partial charge in [-0.1, -0.05) is 24.3 Å². The van der Waals surface area contributed by atoms with Gasteiger partial charge in [-0.3, -0.25) is 9.59 Å². The standard InChI is InChI=1S/C25H26N2O4/c1-3-27(25(30)17-9-10-17)15-19-14-18-6-4-5-7-21(18)26-24(19)20-12-16(13-23(28)29)8-11-22(20)31-2/h4-8,11-12,14,17H,3,9-10,13,15H2,1-2H3,(H,28,29). The van der Waals surface area contributed by atoms with Crippen LogP contribution in [0.3, 0.4) is 0 Å². The van der Waals surface area contributed by atoms with Crippen LogP contribution in [-0.4, -0.2) is 40.5 Å². The number of carbonyl (C=O) groups excluding carboxylic acids is 1. The van der Waals surface area contributed by atoms with E-state index >= 15 is 0 Å². The summed E-state index contributed by atoms with van der Waals surface area (Å²) in [5.41, 5.74) is 3.87. The molecule has 6 nitrogen and oxygen atoms in total. The van der Waals surface area contributed by atoms with Crippen molar-refractivity contribution in [3.63, 3.8) is 0 Å². The molecular formula is C25H26N2O4. The number of hydrogen-bond acceptors (Lipinski definition) is 4. The summed E-state index contributed by atoms with van der Waals surface area (Å²) in [4.78, 5) is 30.8. The van der Waals surface area contributed by atoms with Crippen molar-refractivity contribution in [2.75, 3.05) is 13.7 Å². The summed E-state index contributed by atoms with van der Waals surface area (Å²) in [6.07, 6.45) is 1.84. The first-order valence-corrected chi connectivity index (χ1v) is 10.6. The van der Waals surface area contributed by atoms with Crippen molar-refractivity contribution in [2.24, 2.45) is 5.92 Å². The maximum Gasteiger partial charge on any atom is 0.307 e. The van der Waals surface area contributed by atoms with E-state index in [1.165, 1.54) is 0 Å². The lowest BCUT2D eigenvalue weighted by Crippen LogP contribution is -2.31. The topological polar surface area (TPSA) is 79.7 Å². The van der Waals surface area contributed by atoms with Crippen LogP contribution >= 0.6 is 0 Å². The molecule has 0 unspecified atom stereocenters. The number of pyridine rings is 1. The van der Waals surface area contributed by atoms with Gasteiger partial charge in [0.2, 0.25) is 5.91 Å². The molecule has 1 N–H and O–H groups in total. The van der Waals surface area contributed by atoms with Gasteiger partial charge in [-0.05, 0) is 55.2 Å². The molecule has 1 amide bonds. The molecule has 1 aromatic heterocycles. The Morgan fingerprint density at radius 3 is 2.61 bits per heavy atom. The fourth-order valence-corrected chi connectivity index (χ4v) is 3.88. The number of fused-ring (bicyclic) bond motifs is 1. The van der Waals surface area contributed by atoms with Gasteiger partial charge in [-0.2, -0.15) is 0 Å². The van der Waals surface area contributed by atoms with E-state index in [1.807, 2.05) is 42.2 Å². The summed E-state index contributed by atoms with van der Waals surface area (Å²) in [5, 5.41) is 10.2. The molecule has 1 aliphatic carbocycles. The summed E-state index contributed by atoms with van der Waals surface area (Å²) in [5.74, 6) is 0.0585. The third-order valence-electron chi connectivity index (χ3n) is 5.66. The summed E-state index contributed by atoms with van der Waals surface area (Å²) < 4.78 is 5.59. The molecule has 0 spiro atoms. The average molecular weight is 418 g/mol. The van der Waals surface area contributed by atoms with Crippen LogP contribution in [-0.2, 0) is 22.6 Å². The number of nitrogens with zero attached hydrogens (tertiary/aromatic N) is 2. The molecule has 1 fully saturated rings. The summed E-state index contributed by atoms with van der Waals surface area (Å²) >= 11 is 0. The van der Waals surface area contributed by atoms with E-state index in [0.717, 1.165) is 34.9 Å². The number of para-hydroxylation sites is 1. The second kappa shape index (κ2) is 8.76. The van der Waals surface area contributed by atoms with Gasteiger partial charge in [0.25, 0.3) is 0 Å². The molecule has 1 aliphatic rings. The third kappa shape index (κ3) is 4.53. The highest BCUT2D eigenvalue weighted by Gasteiger charge is 2.33. The smallest absolute Gasteiger partial charge is 0.307 e. The Morgan fingerprint density at radius 2 is 1.94 bits per heavy atom. The average Bonchev–Trinajstić information content (AvgIpc) is 3.61. The molecule has 0 saturated heterocycles. The van der Waals surface area contributed by atoms with Crippen LogP contribution in [0.15, 0.2) is 48.5 Å². The molecule has 31 heavy (non-hydrogen) atoms. The zero-order valence-electron chi connectivity index (χ0n) is 17.8. The molecule has 0 atom stereocenters. The summed E-state index contributed by atoms with van der Waals surface area (Å²) in [7, 11) is 1.59. The number of methoxy groups -OCH3 is 1. The van der Waals surface area contributed by atoms with Crippen LogP contribution in [0, 0.1) is 5.92 Å². The van der Waals surface area contributed by atoms with Gasteiger partial charge in [0.05, 0.1) is 24.7 Å². The van der Waals surface area contributed by atoms with Crippen LogP contribution < -0.4 is 4.74 Å². The van der Waals surface area contributed by atoms with E-state index in [9.17, 15) is 14.7 Å². The van der Waals surface area contributed by atoms with Crippen molar-refractivity contribution < 1.29 is 19.4 Å². The molecule has 1 saturated carbocycles. The van der Waals surface area contributed by atoms with Crippen LogP contribution in [0.4, 0.5) is 0 Å². The zero-order chi connectivity index (χ0) is 22.0. The van der Waals surface area contributed by atoms with E-state index < -0.39 is 5.97 Å². The number of aromatic nitrogens is 1. The van der Waals surface area contributed by atoms with Gasteiger partial charge >= 0.3 is 5.97 Å². The first-order valence-electron chi connectivity index (χ1n) is 10.6. The van der Waals surface area contributed by atoms with Crippen molar-refractivity contribution in [1.29, 1.82) is 0 Å². The lowest BCUT2D eigenvalue weighted by Gasteiger charge is -2.23. The number of carboxylic acids is 1. The first kappa shape index (κ1) is 20.8. The fourth-order valence-electron chi connectivity index (χ4n) is 3.88. The predicted octanol–water partition coefficient (Wildman–Crippen LogP) is 4.30. The number of hydrogen-bond donors (Lipinski definition) is 1. The highest BCUT2D eigenvalue weighted by molar-refractivity contribution is 5.86. The third-order valence-corrected chi connectivity index (χ3v) is 5.66. The van der Waals surface area contributed by atoms with Gasteiger partial charge in [0.1, 0.15) is 5.75 Å². The molecule has 1 heterocycles. The Hall–Kier alpha value is -3.41. The van der Waals surface area contributed by atoms with E-state index in [2.05, 4.69) is 6.07 Å². The number of benzene rings is 2. The molecule has 0 bridgehead atoms. The Kier molecular flexibility index (Phi) is 5.89. The van der Waals surface area contributed by atoms with Crippen LogP contribution in [0.1, 0.15) is 30.9 Å². The van der Waals surface area contributed by atoms with Crippen molar-refractivity contribution >= 4 is 22.8 Å². The molecule has 3 aromatic rings. The Bertz CT molecular complexity index is 1140. The minimum Gasteiger partial charge on any atom is -0.496 e. The zero-order valence-corrected chi connectivity index (χ0v) is 17.8. The number of carbonyl (C=O) groups is 2. The van der Waals surface area contributed by atoms with Gasteiger partial charge < -0.3 is 14.7 Å². The molecule has 4 rings (SSSR count). The second-order valence-electron chi connectivity index (χ2n) is 7.92. The van der Waals surface area contributed by atoms with Gasteiger partial charge in [-0.15, -0.1) is 0 Å². The van der Waals surface area contributed by atoms with E-state index in [4.69, 9.17) is 9.72 Å². The van der Waals surface area contributed by atoms with Crippen molar-refractivity contribution in [3.8, 4) is 17.0 Å². The lowest BCUT2D eigenvalue weighted by atomic mass is 9.99. The maximum absolute atomic E-state index is 12.8. The minimum absolute atomic E-state index is 0.0822. The Morgan fingerprint density at radius 1 is 1.16 bits per heavy atom. The molecule has 2 aromatic carbocycles. The van der Waals surface area contributed by atoms with Crippen molar-refractivity contribution in [1.82, 2.24) is 9.88 Å². The second-order valence-corrected chi connectivity index (χ2v) is 7.92. The molecule has 0 aliphatic heterocycles. The van der Waals surface area contributed by atoms with Crippen LogP contribution in [0.2, 0.25) is 0 Å². The normalized spacial score (nSPS) is 13.2. The summed E-state index contributed by atoms with van der Waals surface area (Å²) in [6, 6.07) is 15.3. The molecule has 160 valence electrons. The van der Waals surface area contributed by atoms with E-state index in [1.54, 1.807) is 19.2 Å². The minimum atomic E-state index is -0.894. The quantitative estimate of drug-likeness (QED) is 0.590. The number of amides is 1. The van der Waals surface area contributed by atoms with E-state index in [0.29, 0.717) is 30.1 Å². The largest absolute Gasteiger partial charge is 0.496 e. The lowest BCUT2D eigenvalue weighted by molar-refractivity contribution is -0.136. The molecular weight excluding hydrogens is 392 g/mol. The predicted molar refractivity (Wildman–Crippen MR) is 119 cm³/mol. The number of carboxylic acid groups (broad SMARTS) is 1. The monoisotopic (exact) mass is 418 g/mol. The van der Waals surface area contributed by atoms with Crippen LogP contribution in [0.5, 0.6) is 5.75 Å². The van der Waals surface area contributed by atoms with Crippen LogP contribution in [0.25, 0.3) is 22.2 Å². The van der Waals surface area contributed by atoms with Crippen molar-refractivity contribution in [2.45, 2.75) is 32.7 Å². The summed E-state index contributed by atoms with van der Waals surface area (Å²) in [6.45, 7) is 3.06. The fraction of sp³-hybridized carbons (Fsp3) is 0.320.